The monoisotopic (exact) mass is 357 g/mol. The fraction of sp³-hybridized carbons (Fsp3) is 0.538. The Hall–Kier alpha value is -0.000000000000000111. The van der Waals surface area contributed by atoms with Gasteiger partial charge in [0.25, 0.3) is 0 Å². The van der Waals surface area contributed by atoms with E-state index in [0.29, 0.717) is 17.4 Å². The molecule has 7 heteroatoms. The fourth-order valence-corrected chi connectivity index (χ4v) is 3.73. The van der Waals surface area contributed by atoms with Crippen molar-refractivity contribution < 1.29 is 8.42 Å². The Balaban J connectivity index is 2.92. The predicted octanol–water partition coefficient (Wildman–Crippen LogP) is 4.32. The summed E-state index contributed by atoms with van der Waals surface area (Å²) < 4.78 is 27.1. The van der Waals surface area contributed by atoms with Crippen molar-refractivity contribution in [2.75, 3.05) is 12.4 Å². The lowest BCUT2D eigenvalue weighted by atomic mass is 9.85. The molecule has 0 aromatic heterocycles. The van der Waals surface area contributed by atoms with Crippen molar-refractivity contribution in [3.63, 3.8) is 0 Å². The van der Waals surface area contributed by atoms with Crippen LogP contribution in [0.15, 0.2) is 23.1 Å². The second kappa shape index (κ2) is 7.32. The lowest BCUT2D eigenvalue weighted by Crippen LogP contribution is -2.38. The number of alkyl halides is 1. The van der Waals surface area contributed by atoms with E-state index >= 15 is 0 Å². The standard InChI is InChI=1S/C13H18Cl3NO2S/c1-3-13(4-2,8-14)9-17-20(18,19)10-5-6-11(15)12(16)7-10/h5-7,17H,3-4,8-9H2,1-2H3. The summed E-state index contributed by atoms with van der Waals surface area (Å²) in [5.74, 6) is 0.407. The first-order valence-corrected chi connectivity index (χ1v) is 9.08. The van der Waals surface area contributed by atoms with E-state index in [4.69, 9.17) is 34.8 Å². The lowest BCUT2D eigenvalue weighted by Gasteiger charge is -2.29. The highest BCUT2D eigenvalue weighted by atomic mass is 35.5. The Morgan fingerprint density at radius 2 is 1.75 bits per heavy atom. The van der Waals surface area contributed by atoms with Crippen LogP contribution in [0.1, 0.15) is 26.7 Å². The van der Waals surface area contributed by atoms with E-state index in [1.165, 1.54) is 18.2 Å². The Morgan fingerprint density at radius 1 is 1.15 bits per heavy atom. The molecule has 0 fully saturated rings. The third-order valence-corrected chi connectivity index (χ3v) is 6.33. The topological polar surface area (TPSA) is 46.2 Å². The van der Waals surface area contributed by atoms with Crippen LogP contribution in [0.25, 0.3) is 0 Å². The zero-order valence-corrected chi connectivity index (χ0v) is 14.5. The molecule has 0 atom stereocenters. The second-order valence-corrected chi connectivity index (χ2v) is 7.59. The average molecular weight is 359 g/mol. The molecule has 0 spiro atoms. The highest BCUT2D eigenvalue weighted by Crippen LogP contribution is 2.28. The van der Waals surface area contributed by atoms with Gasteiger partial charge in [0.2, 0.25) is 10.0 Å². The molecule has 0 aliphatic carbocycles. The van der Waals surface area contributed by atoms with Gasteiger partial charge < -0.3 is 0 Å². The molecule has 0 radical (unpaired) electrons. The van der Waals surface area contributed by atoms with Gasteiger partial charge >= 0.3 is 0 Å². The van der Waals surface area contributed by atoms with Crippen LogP contribution < -0.4 is 4.72 Å². The summed E-state index contributed by atoms with van der Waals surface area (Å²) in [5.41, 5.74) is -0.231. The Kier molecular flexibility index (Phi) is 6.61. The maximum absolute atomic E-state index is 12.2. The Morgan fingerprint density at radius 3 is 2.20 bits per heavy atom. The zero-order chi connectivity index (χ0) is 15.4. The number of rotatable bonds is 7. The van der Waals surface area contributed by atoms with E-state index in [1.807, 2.05) is 13.8 Å². The molecule has 0 saturated carbocycles. The predicted molar refractivity (Wildman–Crippen MR) is 85.4 cm³/mol. The van der Waals surface area contributed by atoms with Crippen molar-refractivity contribution in [3.05, 3.63) is 28.2 Å². The quantitative estimate of drug-likeness (QED) is 0.738. The molecular formula is C13H18Cl3NO2S. The summed E-state index contributed by atoms with van der Waals surface area (Å²) in [7, 11) is -3.61. The van der Waals surface area contributed by atoms with Gasteiger partial charge in [0, 0.05) is 12.4 Å². The maximum atomic E-state index is 12.2. The summed E-state index contributed by atoms with van der Waals surface area (Å²) in [6.07, 6.45) is 1.60. The highest BCUT2D eigenvalue weighted by Gasteiger charge is 2.27. The number of sulfonamides is 1. The number of hydrogen-bond acceptors (Lipinski definition) is 2. The summed E-state index contributed by atoms with van der Waals surface area (Å²) in [5, 5.41) is 0.534. The third-order valence-electron chi connectivity index (χ3n) is 3.62. The normalized spacial score (nSPS) is 12.7. The maximum Gasteiger partial charge on any atom is 0.240 e. The number of hydrogen-bond donors (Lipinski definition) is 1. The van der Waals surface area contributed by atoms with Crippen LogP contribution >= 0.6 is 34.8 Å². The van der Waals surface area contributed by atoms with Gasteiger partial charge in [0.1, 0.15) is 0 Å². The fourth-order valence-electron chi connectivity index (χ4n) is 1.71. The molecule has 114 valence electrons. The molecule has 20 heavy (non-hydrogen) atoms. The first kappa shape index (κ1) is 18.1. The van der Waals surface area contributed by atoms with Crippen LogP contribution in [0.3, 0.4) is 0 Å². The molecule has 0 unspecified atom stereocenters. The summed E-state index contributed by atoms with van der Waals surface area (Å²) in [6.45, 7) is 4.30. The summed E-state index contributed by atoms with van der Waals surface area (Å²) in [4.78, 5) is 0.0996. The van der Waals surface area contributed by atoms with E-state index in [9.17, 15) is 8.42 Å². The van der Waals surface area contributed by atoms with Crippen molar-refractivity contribution >= 4 is 44.8 Å². The van der Waals surface area contributed by atoms with Gasteiger partial charge in [-0.05, 0) is 36.5 Å². The molecule has 1 aromatic rings. The summed E-state index contributed by atoms with van der Waals surface area (Å²) in [6, 6.07) is 4.23. The van der Waals surface area contributed by atoms with Gasteiger partial charge in [0.15, 0.2) is 0 Å². The minimum absolute atomic E-state index is 0.0996. The number of benzene rings is 1. The van der Waals surface area contributed by atoms with Gasteiger partial charge in [0.05, 0.1) is 14.9 Å². The SMILES string of the molecule is CCC(CC)(CCl)CNS(=O)(=O)c1ccc(Cl)c(Cl)c1. The molecule has 0 bridgehead atoms. The minimum Gasteiger partial charge on any atom is -0.211 e. The largest absolute Gasteiger partial charge is 0.240 e. The molecule has 0 heterocycles. The van der Waals surface area contributed by atoms with E-state index < -0.39 is 10.0 Å². The second-order valence-electron chi connectivity index (χ2n) is 4.74. The van der Waals surface area contributed by atoms with Crippen LogP contribution in [0.4, 0.5) is 0 Å². The molecule has 0 aliphatic heterocycles. The molecule has 1 N–H and O–H groups in total. The first-order chi connectivity index (χ1) is 9.30. The summed E-state index contributed by atoms with van der Waals surface area (Å²) >= 11 is 17.6. The minimum atomic E-state index is -3.61. The first-order valence-electron chi connectivity index (χ1n) is 6.31. The van der Waals surface area contributed by atoms with Crippen LogP contribution in [-0.2, 0) is 10.0 Å². The number of halogens is 3. The number of nitrogens with one attached hydrogen (secondary N) is 1. The van der Waals surface area contributed by atoms with Crippen LogP contribution in [0.5, 0.6) is 0 Å². The smallest absolute Gasteiger partial charge is 0.211 e. The van der Waals surface area contributed by atoms with Crippen LogP contribution in [0, 0.1) is 5.41 Å². The van der Waals surface area contributed by atoms with Crippen molar-refractivity contribution in [2.45, 2.75) is 31.6 Å². The van der Waals surface area contributed by atoms with Crippen LogP contribution in [-0.4, -0.2) is 20.8 Å². The zero-order valence-electron chi connectivity index (χ0n) is 11.4. The molecular weight excluding hydrogens is 341 g/mol. The highest BCUT2D eigenvalue weighted by molar-refractivity contribution is 7.89. The molecule has 1 aromatic carbocycles. The van der Waals surface area contributed by atoms with E-state index in [0.717, 1.165) is 12.8 Å². The molecule has 0 aliphatic rings. The van der Waals surface area contributed by atoms with Crippen molar-refractivity contribution in [3.8, 4) is 0 Å². The van der Waals surface area contributed by atoms with Gasteiger partial charge in [-0.25, -0.2) is 13.1 Å². The van der Waals surface area contributed by atoms with Gasteiger partial charge in [-0.3, -0.25) is 0 Å². The molecule has 0 amide bonds. The molecule has 1 rings (SSSR count). The molecule has 3 nitrogen and oxygen atoms in total. The van der Waals surface area contributed by atoms with E-state index in [-0.39, 0.29) is 15.3 Å². The van der Waals surface area contributed by atoms with E-state index in [1.54, 1.807) is 0 Å². The van der Waals surface area contributed by atoms with Crippen molar-refractivity contribution in [1.29, 1.82) is 0 Å². The van der Waals surface area contributed by atoms with Crippen molar-refractivity contribution in [1.82, 2.24) is 4.72 Å². The molecule has 0 saturated heterocycles. The van der Waals surface area contributed by atoms with E-state index in [2.05, 4.69) is 4.72 Å². The Bertz CT molecular complexity index is 548. The van der Waals surface area contributed by atoms with Gasteiger partial charge in [-0.15, -0.1) is 11.6 Å². The van der Waals surface area contributed by atoms with Gasteiger partial charge in [-0.2, -0.15) is 0 Å². The Labute approximate surface area is 135 Å². The average Bonchev–Trinajstić information content (AvgIpc) is 2.44. The lowest BCUT2D eigenvalue weighted by molar-refractivity contribution is 0.304. The van der Waals surface area contributed by atoms with Crippen molar-refractivity contribution in [2.24, 2.45) is 5.41 Å². The third kappa shape index (κ3) is 4.25. The van der Waals surface area contributed by atoms with Crippen LogP contribution in [0.2, 0.25) is 10.0 Å². The van der Waals surface area contributed by atoms with Gasteiger partial charge in [-0.1, -0.05) is 37.0 Å².